The molecular weight excluding hydrogens is 378 g/mol. The predicted molar refractivity (Wildman–Crippen MR) is 110 cm³/mol. The van der Waals surface area contributed by atoms with Crippen molar-refractivity contribution in [1.82, 2.24) is 23.7 Å². The molecule has 4 aromatic rings. The van der Waals surface area contributed by atoms with Crippen molar-refractivity contribution < 1.29 is 0 Å². The van der Waals surface area contributed by atoms with E-state index in [-0.39, 0.29) is 16.8 Å². The van der Waals surface area contributed by atoms with Crippen molar-refractivity contribution in [1.29, 1.82) is 0 Å². The van der Waals surface area contributed by atoms with Crippen LogP contribution in [-0.2, 0) is 26.4 Å². The summed E-state index contributed by atoms with van der Waals surface area (Å²) in [5.41, 5.74) is 1.54. The molecule has 3 heterocycles. The standard InChI is InChI=1S/C19H19N5O3S/c1-4-24-17(26)15-16(23(3)19(24)27)21-18(22(15)2)28-10-11-9-14(25)20-13-8-6-5-7-12(11)13/h5-9H,4,10H2,1-3H3,(H,20,25). The van der Waals surface area contributed by atoms with Crippen molar-refractivity contribution in [3.8, 4) is 0 Å². The number of nitrogens with zero attached hydrogens (tertiary/aromatic N) is 4. The highest BCUT2D eigenvalue weighted by molar-refractivity contribution is 7.98. The Morgan fingerprint density at radius 2 is 1.86 bits per heavy atom. The maximum Gasteiger partial charge on any atom is 0.332 e. The van der Waals surface area contributed by atoms with Gasteiger partial charge in [0.05, 0.1) is 0 Å². The lowest BCUT2D eigenvalue weighted by molar-refractivity contribution is 0.635. The predicted octanol–water partition coefficient (Wildman–Crippen LogP) is 1.59. The molecule has 0 unspecified atom stereocenters. The van der Waals surface area contributed by atoms with Gasteiger partial charge in [0.2, 0.25) is 5.56 Å². The van der Waals surface area contributed by atoms with E-state index in [4.69, 9.17) is 0 Å². The third-order valence-corrected chi connectivity index (χ3v) is 5.91. The SMILES string of the molecule is CCn1c(=O)c2c(nc(SCc3cc(=O)[nH]c4ccccc34)n2C)n(C)c1=O. The lowest BCUT2D eigenvalue weighted by atomic mass is 10.1. The first-order valence-corrected chi connectivity index (χ1v) is 9.81. The van der Waals surface area contributed by atoms with Gasteiger partial charge in [-0.05, 0) is 18.6 Å². The third-order valence-electron chi connectivity index (χ3n) is 4.83. The van der Waals surface area contributed by atoms with Gasteiger partial charge in [0.1, 0.15) is 0 Å². The zero-order valence-electron chi connectivity index (χ0n) is 15.7. The van der Waals surface area contributed by atoms with Crippen molar-refractivity contribution in [2.75, 3.05) is 0 Å². The van der Waals surface area contributed by atoms with Crippen LogP contribution in [0, 0.1) is 0 Å². The number of fused-ring (bicyclic) bond motifs is 2. The molecule has 0 amide bonds. The first-order chi connectivity index (χ1) is 13.4. The van der Waals surface area contributed by atoms with Crippen LogP contribution in [0.2, 0.25) is 0 Å². The molecule has 0 atom stereocenters. The van der Waals surface area contributed by atoms with Crippen LogP contribution in [0.25, 0.3) is 22.1 Å². The summed E-state index contributed by atoms with van der Waals surface area (Å²) >= 11 is 1.42. The molecule has 1 aromatic carbocycles. The summed E-state index contributed by atoms with van der Waals surface area (Å²) in [6, 6.07) is 9.20. The number of thioether (sulfide) groups is 1. The average Bonchev–Trinajstić information content (AvgIpc) is 3.01. The Balaban J connectivity index is 1.80. The van der Waals surface area contributed by atoms with Crippen LogP contribution >= 0.6 is 11.8 Å². The summed E-state index contributed by atoms with van der Waals surface area (Å²) in [6.45, 7) is 2.06. The molecule has 1 N–H and O–H groups in total. The number of benzene rings is 1. The van der Waals surface area contributed by atoms with E-state index in [0.29, 0.717) is 28.6 Å². The Kier molecular flexibility index (Phi) is 4.46. The number of imidazole rings is 1. The number of aromatic nitrogens is 5. The molecule has 0 aliphatic heterocycles. The molecule has 0 aliphatic rings. The number of aromatic amines is 1. The molecule has 3 aromatic heterocycles. The highest BCUT2D eigenvalue weighted by atomic mass is 32.2. The Labute approximate surface area is 163 Å². The molecular formula is C19H19N5O3S. The molecule has 0 saturated carbocycles. The fourth-order valence-electron chi connectivity index (χ4n) is 3.37. The first-order valence-electron chi connectivity index (χ1n) is 8.82. The summed E-state index contributed by atoms with van der Waals surface area (Å²) in [5, 5.41) is 1.58. The molecule has 4 rings (SSSR count). The minimum Gasteiger partial charge on any atom is -0.322 e. The maximum atomic E-state index is 12.7. The van der Waals surface area contributed by atoms with Crippen LogP contribution in [-0.4, -0.2) is 23.7 Å². The van der Waals surface area contributed by atoms with E-state index in [2.05, 4.69) is 9.97 Å². The molecule has 0 aliphatic carbocycles. The Morgan fingerprint density at radius 1 is 1.11 bits per heavy atom. The minimum absolute atomic E-state index is 0.160. The smallest absolute Gasteiger partial charge is 0.322 e. The number of pyridine rings is 1. The second-order valence-corrected chi connectivity index (χ2v) is 7.45. The van der Waals surface area contributed by atoms with Crippen LogP contribution < -0.4 is 16.8 Å². The molecule has 0 bridgehead atoms. The third kappa shape index (κ3) is 2.78. The lowest BCUT2D eigenvalue weighted by Gasteiger charge is -2.06. The van der Waals surface area contributed by atoms with Gasteiger partial charge in [-0.3, -0.25) is 18.7 Å². The zero-order valence-corrected chi connectivity index (χ0v) is 16.5. The van der Waals surface area contributed by atoms with Crippen molar-refractivity contribution in [2.45, 2.75) is 24.4 Å². The van der Waals surface area contributed by atoms with E-state index in [9.17, 15) is 14.4 Å². The highest BCUT2D eigenvalue weighted by Crippen LogP contribution is 2.26. The molecule has 0 radical (unpaired) electrons. The zero-order chi connectivity index (χ0) is 20.0. The van der Waals surface area contributed by atoms with Crippen LogP contribution in [0.4, 0.5) is 0 Å². The topological polar surface area (TPSA) is 94.7 Å². The van der Waals surface area contributed by atoms with E-state index >= 15 is 0 Å². The summed E-state index contributed by atoms with van der Waals surface area (Å²) in [6.07, 6.45) is 0. The number of hydrogen-bond acceptors (Lipinski definition) is 5. The van der Waals surface area contributed by atoms with Crippen molar-refractivity contribution in [3.05, 3.63) is 67.1 Å². The van der Waals surface area contributed by atoms with Crippen molar-refractivity contribution >= 4 is 33.8 Å². The van der Waals surface area contributed by atoms with Crippen molar-refractivity contribution in [3.63, 3.8) is 0 Å². The van der Waals surface area contributed by atoms with E-state index in [1.54, 1.807) is 31.7 Å². The molecule has 0 fully saturated rings. The number of nitrogens with one attached hydrogen (secondary N) is 1. The fourth-order valence-corrected chi connectivity index (χ4v) is 4.33. The Bertz CT molecular complexity index is 1390. The van der Waals surface area contributed by atoms with Gasteiger partial charge in [0.25, 0.3) is 5.56 Å². The summed E-state index contributed by atoms with van der Waals surface area (Å²) in [7, 11) is 3.38. The number of rotatable bonds is 4. The van der Waals surface area contributed by atoms with Gasteiger partial charge in [0, 0.05) is 43.4 Å². The van der Waals surface area contributed by atoms with E-state index in [1.165, 1.54) is 20.9 Å². The second-order valence-electron chi connectivity index (χ2n) is 6.51. The van der Waals surface area contributed by atoms with Gasteiger partial charge in [0.15, 0.2) is 16.3 Å². The number of H-pyrrole nitrogens is 1. The van der Waals surface area contributed by atoms with E-state index in [0.717, 1.165) is 16.5 Å². The minimum atomic E-state index is -0.379. The maximum absolute atomic E-state index is 12.7. The van der Waals surface area contributed by atoms with Gasteiger partial charge < -0.3 is 9.55 Å². The number of para-hydroxylation sites is 1. The van der Waals surface area contributed by atoms with Gasteiger partial charge in [-0.2, -0.15) is 0 Å². The van der Waals surface area contributed by atoms with Gasteiger partial charge in [-0.15, -0.1) is 0 Å². The fraction of sp³-hybridized carbons (Fsp3) is 0.263. The molecule has 8 nitrogen and oxygen atoms in total. The van der Waals surface area contributed by atoms with Gasteiger partial charge in [-0.25, -0.2) is 9.78 Å². The molecule has 0 spiro atoms. The quantitative estimate of drug-likeness (QED) is 0.528. The summed E-state index contributed by atoms with van der Waals surface area (Å²) < 4.78 is 4.30. The first kappa shape index (κ1) is 18.3. The Hall–Kier alpha value is -3.07. The summed E-state index contributed by atoms with van der Waals surface area (Å²) in [5.74, 6) is 0.511. The van der Waals surface area contributed by atoms with E-state index < -0.39 is 0 Å². The second kappa shape index (κ2) is 6.83. The number of aryl methyl sites for hydroxylation is 2. The van der Waals surface area contributed by atoms with E-state index in [1.807, 2.05) is 24.3 Å². The number of hydrogen-bond donors (Lipinski definition) is 1. The Morgan fingerprint density at radius 3 is 2.61 bits per heavy atom. The van der Waals surface area contributed by atoms with Gasteiger partial charge in [-0.1, -0.05) is 30.0 Å². The summed E-state index contributed by atoms with van der Waals surface area (Å²) in [4.78, 5) is 44.3. The van der Waals surface area contributed by atoms with Crippen LogP contribution in [0.1, 0.15) is 12.5 Å². The molecule has 144 valence electrons. The highest BCUT2D eigenvalue weighted by Gasteiger charge is 2.18. The lowest BCUT2D eigenvalue weighted by Crippen LogP contribution is -2.39. The normalized spacial score (nSPS) is 11.5. The monoisotopic (exact) mass is 397 g/mol. The van der Waals surface area contributed by atoms with Crippen LogP contribution in [0.5, 0.6) is 0 Å². The van der Waals surface area contributed by atoms with Gasteiger partial charge >= 0.3 is 5.69 Å². The van der Waals surface area contributed by atoms with Crippen LogP contribution in [0.15, 0.2) is 49.9 Å². The molecule has 0 saturated heterocycles. The average molecular weight is 397 g/mol. The molecule has 28 heavy (non-hydrogen) atoms. The largest absolute Gasteiger partial charge is 0.332 e. The molecule has 9 heteroatoms. The van der Waals surface area contributed by atoms with Crippen molar-refractivity contribution in [2.24, 2.45) is 14.1 Å². The van der Waals surface area contributed by atoms with Crippen LogP contribution in [0.3, 0.4) is 0 Å².